The fraction of sp³-hybridized carbons (Fsp3) is 0.571. The second-order valence-corrected chi connectivity index (χ2v) is 6.09. The van der Waals surface area contributed by atoms with Crippen molar-refractivity contribution in [1.29, 1.82) is 0 Å². The Hall–Kier alpha value is -0.630. The summed E-state index contributed by atoms with van der Waals surface area (Å²) in [5.74, 6) is 2.64. The molecule has 1 N–H and O–H groups in total. The zero-order valence-corrected chi connectivity index (χ0v) is 10.5. The van der Waals surface area contributed by atoms with E-state index in [0.29, 0.717) is 6.04 Å². The number of thioether (sulfide) groups is 1. The molecule has 16 heavy (non-hydrogen) atoms. The number of nitrogens with one attached hydrogen (secondary N) is 1. The van der Waals surface area contributed by atoms with Gasteiger partial charge in [0.1, 0.15) is 0 Å². The number of rotatable bonds is 2. The molecule has 0 amide bonds. The molecule has 1 aromatic rings. The molecule has 1 saturated heterocycles. The Labute approximate surface area is 102 Å². The number of hydrogen-bond donors (Lipinski definition) is 1. The Morgan fingerprint density at radius 3 is 2.75 bits per heavy atom. The summed E-state index contributed by atoms with van der Waals surface area (Å²) < 4.78 is 0. The number of aryl methyl sites for hydroxylation is 2. The van der Waals surface area contributed by atoms with Crippen molar-refractivity contribution in [2.75, 3.05) is 16.8 Å². The molecule has 0 bridgehead atoms. The van der Waals surface area contributed by atoms with E-state index in [1.165, 1.54) is 49.3 Å². The predicted octanol–water partition coefficient (Wildman–Crippen LogP) is 3.48. The molecule has 1 aliphatic heterocycles. The first-order chi connectivity index (χ1) is 7.92. The molecule has 2 aliphatic rings. The van der Waals surface area contributed by atoms with Crippen LogP contribution >= 0.6 is 11.8 Å². The van der Waals surface area contributed by atoms with Gasteiger partial charge in [0.2, 0.25) is 0 Å². The van der Waals surface area contributed by atoms with Crippen LogP contribution in [0, 0.1) is 0 Å². The molecule has 0 spiro atoms. The van der Waals surface area contributed by atoms with Crippen molar-refractivity contribution in [3.05, 3.63) is 29.3 Å². The Morgan fingerprint density at radius 1 is 1.06 bits per heavy atom. The summed E-state index contributed by atoms with van der Waals surface area (Å²) in [6.45, 7) is 0. The van der Waals surface area contributed by atoms with Gasteiger partial charge in [-0.05, 0) is 66.9 Å². The largest absolute Gasteiger partial charge is 0.382 e. The van der Waals surface area contributed by atoms with Gasteiger partial charge in [0.25, 0.3) is 0 Å². The molecule has 0 aromatic heterocycles. The lowest BCUT2D eigenvalue weighted by Crippen LogP contribution is -2.24. The number of benzene rings is 1. The number of anilines is 1. The summed E-state index contributed by atoms with van der Waals surface area (Å²) in [6.07, 6.45) is 6.56. The molecule has 1 nitrogen and oxygen atoms in total. The standard InChI is InChI=1S/C14H19NS/c1-2-11-4-5-14(10-12(11)3-1)15-13-6-8-16-9-7-13/h4-5,10,13,15H,1-3,6-9H2. The zero-order chi connectivity index (χ0) is 10.8. The van der Waals surface area contributed by atoms with E-state index in [1.807, 2.05) is 0 Å². The molecule has 1 aliphatic carbocycles. The first kappa shape index (κ1) is 10.5. The van der Waals surface area contributed by atoms with E-state index in [2.05, 4.69) is 35.3 Å². The topological polar surface area (TPSA) is 12.0 Å². The summed E-state index contributed by atoms with van der Waals surface area (Å²) in [7, 11) is 0. The third-order valence-corrected chi connectivity index (χ3v) is 4.74. The summed E-state index contributed by atoms with van der Waals surface area (Å²) in [6, 6.07) is 7.68. The smallest absolute Gasteiger partial charge is 0.0345 e. The summed E-state index contributed by atoms with van der Waals surface area (Å²) in [5, 5.41) is 3.70. The molecular weight excluding hydrogens is 214 g/mol. The third-order valence-electron chi connectivity index (χ3n) is 3.69. The summed E-state index contributed by atoms with van der Waals surface area (Å²) in [4.78, 5) is 0. The van der Waals surface area contributed by atoms with E-state index >= 15 is 0 Å². The average molecular weight is 233 g/mol. The molecule has 0 atom stereocenters. The van der Waals surface area contributed by atoms with E-state index in [4.69, 9.17) is 0 Å². The Kier molecular flexibility index (Phi) is 3.09. The van der Waals surface area contributed by atoms with Gasteiger partial charge >= 0.3 is 0 Å². The maximum Gasteiger partial charge on any atom is 0.0345 e. The van der Waals surface area contributed by atoms with Crippen LogP contribution in [0.1, 0.15) is 30.4 Å². The van der Waals surface area contributed by atoms with Gasteiger partial charge in [0.15, 0.2) is 0 Å². The highest BCUT2D eigenvalue weighted by Crippen LogP contribution is 2.27. The van der Waals surface area contributed by atoms with Gasteiger partial charge in [-0.3, -0.25) is 0 Å². The summed E-state index contributed by atoms with van der Waals surface area (Å²) in [5.41, 5.74) is 4.50. The second kappa shape index (κ2) is 4.70. The van der Waals surface area contributed by atoms with Crippen molar-refractivity contribution in [3.8, 4) is 0 Å². The van der Waals surface area contributed by atoms with Crippen molar-refractivity contribution in [2.45, 2.75) is 38.1 Å². The molecule has 0 saturated carbocycles. The molecular formula is C14H19NS. The lowest BCUT2D eigenvalue weighted by molar-refractivity contribution is 0.667. The SMILES string of the molecule is c1cc2c(cc1NC1CCSCC1)CCC2. The lowest BCUT2D eigenvalue weighted by atomic mass is 10.1. The third kappa shape index (κ3) is 2.22. The summed E-state index contributed by atoms with van der Waals surface area (Å²) >= 11 is 2.09. The minimum absolute atomic E-state index is 0.709. The number of hydrogen-bond acceptors (Lipinski definition) is 2. The Morgan fingerprint density at radius 2 is 1.88 bits per heavy atom. The van der Waals surface area contributed by atoms with Crippen LogP contribution in [-0.4, -0.2) is 17.5 Å². The van der Waals surface area contributed by atoms with E-state index in [0.717, 1.165) is 0 Å². The van der Waals surface area contributed by atoms with Crippen molar-refractivity contribution in [2.24, 2.45) is 0 Å². The zero-order valence-electron chi connectivity index (χ0n) is 9.67. The monoisotopic (exact) mass is 233 g/mol. The van der Waals surface area contributed by atoms with Gasteiger partial charge in [0.05, 0.1) is 0 Å². The van der Waals surface area contributed by atoms with Crippen molar-refractivity contribution in [1.82, 2.24) is 0 Å². The van der Waals surface area contributed by atoms with Crippen LogP contribution in [0.25, 0.3) is 0 Å². The van der Waals surface area contributed by atoms with Gasteiger partial charge in [-0.25, -0.2) is 0 Å². The van der Waals surface area contributed by atoms with Crippen LogP contribution in [0.3, 0.4) is 0 Å². The highest BCUT2D eigenvalue weighted by atomic mass is 32.2. The van der Waals surface area contributed by atoms with E-state index in [1.54, 1.807) is 11.1 Å². The quantitative estimate of drug-likeness (QED) is 0.839. The molecule has 1 heterocycles. The van der Waals surface area contributed by atoms with E-state index in [9.17, 15) is 0 Å². The molecule has 2 heteroatoms. The van der Waals surface area contributed by atoms with Crippen LogP contribution in [0.4, 0.5) is 5.69 Å². The van der Waals surface area contributed by atoms with Crippen LogP contribution < -0.4 is 5.32 Å². The Bertz CT molecular complexity index is 369. The maximum atomic E-state index is 3.70. The highest BCUT2D eigenvalue weighted by molar-refractivity contribution is 7.99. The molecule has 3 rings (SSSR count). The van der Waals surface area contributed by atoms with Crippen LogP contribution in [0.2, 0.25) is 0 Å². The van der Waals surface area contributed by atoms with E-state index < -0.39 is 0 Å². The van der Waals surface area contributed by atoms with Gasteiger partial charge in [-0.1, -0.05) is 6.07 Å². The normalized spacial score (nSPS) is 20.8. The van der Waals surface area contributed by atoms with Crippen LogP contribution in [0.5, 0.6) is 0 Å². The molecule has 0 unspecified atom stereocenters. The first-order valence-corrected chi connectivity index (χ1v) is 7.53. The van der Waals surface area contributed by atoms with E-state index in [-0.39, 0.29) is 0 Å². The van der Waals surface area contributed by atoms with Gasteiger partial charge in [-0.15, -0.1) is 0 Å². The highest BCUT2D eigenvalue weighted by Gasteiger charge is 2.15. The Balaban J connectivity index is 1.69. The van der Waals surface area contributed by atoms with Gasteiger partial charge in [-0.2, -0.15) is 11.8 Å². The van der Waals surface area contributed by atoms with Gasteiger partial charge in [0, 0.05) is 11.7 Å². The minimum atomic E-state index is 0.709. The lowest BCUT2D eigenvalue weighted by Gasteiger charge is -2.23. The average Bonchev–Trinajstić information content (AvgIpc) is 2.77. The minimum Gasteiger partial charge on any atom is -0.382 e. The van der Waals surface area contributed by atoms with Crippen molar-refractivity contribution < 1.29 is 0 Å². The van der Waals surface area contributed by atoms with Gasteiger partial charge < -0.3 is 5.32 Å². The number of fused-ring (bicyclic) bond motifs is 1. The molecule has 86 valence electrons. The predicted molar refractivity (Wildman–Crippen MR) is 72.4 cm³/mol. The molecule has 1 aromatic carbocycles. The molecule has 0 radical (unpaired) electrons. The fourth-order valence-electron chi connectivity index (χ4n) is 2.74. The van der Waals surface area contributed by atoms with Crippen molar-refractivity contribution in [3.63, 3.8) is 0 Å². The fourth-order valence-corrected chi connectivity index (χ4v) is 3.85. The second-order valence-electron chi connectivity index (χ2n) is 4.87. The van der Waals surface area contributed by atoms with Crippen LogP contribution in [-0.2, 0) is 12.8 Å². The maximum absolute atomic E-state index is 3.70. The first-order valence-electron chi connectivity index (χ1n) is 6.38. The van der Waals surface area contributed by atoms with Crippen molar-refractivity contribution >= 4 is 17.4 Å². The van der Waals surface area contributed by atoms with Crippen LogP contribution in [0.15, 0.2) is 18.2 Å². The molecule has 1 fully saturated rings.